The van der Waals surface area contributed by atoms with Gasteiger partial charge < -0.3 is 18.9 Å². The summed E-state index contributed by atoms with van der Waals surface area (Å²) in [6.07, 6.45) is 39.9. The summed E-state index contributed by atoms with van der Waals surface area (Å²) in [5, 5.41) is 0. The standard InChI is InChI=1S/C57H108O8S4/c1-5-9-13-17-21-25-29-41-66-45-33-37-53(58)62-49-57(50-63-54(59)38-34-46-67-42-30-26-22-18-14-10-6-2,51-64-55(60)39-35-47-68-43-31-27-23-19-15-11-7-3)52-65-56(61)40-36-48-69-44-32-28-24-20-16-12-8-4/h5-52H2,1-4H3. The van der Waals surface area contributed by atoms with Crippen LogP contribution in [-0.2, 0) is 38.1 Å². The Morgan fingerprint density at radius 3 is 0.638 bits per heavy atom. The van der Waals surface area contributed by atoms with Crippen LogP contribution in [0.15, 0.2) is 0 Å². The van der Waals surface area contributed by atoms with Gasteiger partial charge in [0.25, 0.3) is 0 Å². The van der Waals surface area contributed by atoms with Crippen LogP contribution in [0, 0.1) is 5.41 Å². The molecule has 0 radical (unpaired) electrons. The second-order valence-electron chi connectivity index (χ2n) is 19.5. The molecule has 0 heterocycles. The minimum atomic E-state index is -1.22. The summed E-state index contributed by atoms with van der Waals surface area (Å²) in [5.74, 6) is 6.52. The number of thioether (sulfide) groups is 4. The van der Waals surface area contributed by atoms with Crippen LogP contribution in [0.2, 0.25) is 0 Å². The Balaban J connectivity index is 5.43. The highest BCUT2D eigenvalue weighted by atomic mass is 32.2. The Hall–Kier alpha value is -0.720. The van der Waals surface area contributed by atoms with E-state index < -0.39 is 5.41 Å². The van der Waals surface area contributed by atoms with Crippen molar-refractivity contribution in [2.45, 2.75) is 259 Å². The van der Waals surface area contributed by atoms with Gasteiger partial charge in [-0.15, -0.1) is 0 Å². The lowest BCUT2D eigenvalue weighted by Gasteiger charge is -2.31. The van der Waals surface area contributed by atoms with Crippen LogP contribution in [0.1, 0.15) is 259 Å². The van der Waals surface area contributed by atoms with Crippen molar-refractivity contribution < 1.29 is 38.1 Å². The Morgan fingerprint density at radius 2 is 0.435 bits per heavy atom. The molecule has 0 aliphatic rings. The average Bonchev–Trinajstić information content (AvgIpc) is 3.35. The molecule has 0 saturated carbocycles. The van der Waals surface area contributed by atoms with Gasteiger partial charge in [0.2, 0.25) is 0 Å². The zero-order valence-corrected chi connectivity index (χ0v) is 48.6. The second kappa shape index (κ2) is 55.0. The monoisotopic (exact) mass is 1050 g/mol. The third kappa shape index (κ3) is 50.6. The van der Waals surface area contributed by atoms with Crippen LogP contribution in [-0.4, -0.2) is 96.3 Å². The molecule has 0 aromatic rings. The molecule has 0 aliphatic heterocycles. The van der Waals surface area contributed by atoms with Crippen molar-refractivity contribution in [2.75, 3.05) is 72.5 Å². The van der Waals surface area contributed by atoms with E-state index in [1.807, 2.05) is 47.0 Å². The molecular weight excluding hydrogens is 941 g/mol. The van der Waals surface area contributed by atoms with Crippen LogP contribution >= 0.6 is 47.0 Å². The lowest BCUT2D eigenvalue weighted by Crippen LogP contribution is -2.44. The molecule has 0 N–H and O–H groups in total. The van der Waals surface area contributed by atoms with Crippen molar-refractivity contribution in [2.24, 2.45) is 5.41 Å². The van der Waals surface area contributed by atoms with Crippen molar-refractivity contribution in [1.29, 1.82) is 0 Å². The third-order valence-corrected chi connectivity index (χ3v) is 17.0. The van der Waals surface area contributed by atoms with Crippen molar-refractivity contribution in [3.63, 3.8) is 0 Å². The molecule has 0 aromatic heterocycles. The number of ether oxygens (including phenoxy) is 4. The number of hydrogen-bond acceptors (Lipinski definition) is 12. The SMILES string of the molecule is CCCCCCCCCSCCCC(=O)OCC(COC(=O)CCCSCCCCCCCCC)(COC(=O)CCCSCCCCCCCCC)COC(=O)CCCSCCCCCCCCC. The van der Waals surface area contributed by atoms with Gasteiger partial charge in [-0.3, -0.25) is 19.2 Å². The first kappa shape index (κ1) is 68.3. The molecule has 0 aliphatic carbocycles. The summed E-state index contributed by atoms with van der Waals surface area (Å²) in [6, 6.07) is 0. The minimum absolute atomic E-state index is 0.179. The van der Waals surface area contributed by atoms with Crippen molar-refractivity contribution >= 4 is 70.9 Å². The molecule has 0 rings (SSSR count). The first-order valence-electron chi connectivity index (χ1n) is 28.8. The maximum absolute atomic E-state index is 13.2. The Kier molecular flexibility index (Phi) is 54.5. The molecule has 12 heteroatoms. The smallest absolute Gasteiger partial charge is 0.305 e. The van der Waals surface area contributed by atoms with Gasteiger partial charge in [-0.1, -0.05) is 182 Å². The number of esters is 4. The van der Waals surface area contributed by atoms with E-state index in [4.69, 9.17) is 18.9 Å². The molecule has 69 heavy (non-hydrogen) atoms. The van der Waals surface area contributed by atoms with Gasteiger partial charge in [0.1, 0.15) is 31.8 Å². The van der Waals surface area contributed by atoms with E-state index in [0.717, 1.165) is 46.0 Å². The largest absolute Gasteiger partial charge is 0.465 e. The maximum atomic E-state index is 13.2. The number of carbonyl (C=O) groups excluding carboxylic acids is 4. The molecule has 0 bridgehead atoms. The highest BCUT2D eigenvalue weighted by Gasteiger charge is 2.38. The molecular formula is C57H108O8S4. The van der Waals surface area contributed by atoms with Crippen LogP contribution in [0.4, 0.5) is 0 Å². The van der Waals surface area contributed by atoms with E-state index in [1.54, 1.807) is 0 Å². The first-order chi connectivity index (χ1) is 33.8. The minimum Gasteiger partial charge on any atom is -0.465 e. The van der Waals surface area contributed by atoms with Gasteiger partial charge in [0, 0.05) is 25.7 Å². The fourth-order valence-electron chi connectivity index (χ4n) is 7.80. The highest BCUT2D eigenvalue weighted by Crippen LogP contribution is 2.24. The second-order valence-corrected chi connectivity index (χ2v) is 24.4. The zero-order chi connectivity index (χ0) is 50.4. The number of carbonyl (C=O) groups is 4. The van der Waals surface area contributed by atoms with Gasteiger partial charge in [-0.25, -0.2) is 0 Å². The van der Waals surface area contributed by atoms with Gasteiger partial charge in [-0.05, 0) is 97.4 Å². The molecule has 0 spiro atoms. The van der Waals surface area contributed by atoms with Gasteiger partial charge in [0.15, 0.2) is 0 Å². The topological polar surface area (TPSA) is 105 Å². The maximum Gasteiger partial charge on any atom is 0.305 e. The average molecular weight is 1050 g/mol. The summed E-state index contributed by atoms with van der Waals surface area (Å²) in [4.78, 5) is 52.7. The summed E-state index contributed by atoms with van der Waals surface area (Å²) >= 11 is 7.53. The molecule has 0 aromatic carbocycles. The Labute approximate surface area is 443 Å². The molecule has 0 unspecified atom stereocenters. The van der Waals surface area contributed by atoms with E-state index in [1.165, 1.54) is 180 Å². The summed E-state index contributed by atoms with van der Waals surface area (Å²) in [7, 11) is 0. The normalized spacial score (nSPS) is 11.5. The fourth-order valence-corrected chi connectivity index (χ4v) is 11.6. The summed E-state index contributed by atoms with van der Waals surface area (Å²) in [6.45, 7) is 8.27. The third-order valence-electron chi connectivity index (χ3n) is 12.4. The number of rotatable bonds is 56. The van der Waals surface area contributed by atoms with Crippen molar-refractivity contribution in [3.05, 3.63) is 0 Å². The van der Waals surface area contributed by atoms with Crippen molar-refractivity contribution in [3.8, 4) is 0 Å². The number of unbranched alkanes of at least 4 members (excludes halogenated alkanes) is 24. The molecule has 408 valence electrons. The lowest BCUT2D eigenvalue weighted by molar-refractivity contribution is -0.170. The van der Waals surface area contributed by atoms with Crippen LogP contribution in [0.25, 0.3) is 0 Å². The van der Waals surface area contributed by atoms with Gasteiger partial charge in [0.05, 0.1) is 0 Å². The van der Waals surface area contributed by atoms with Crippen molar-refractivity contribution in [1.82, 2.24) is 0 Å². The zero-order valence-electron chi connectivity index (χ0n) is 45.3. The van der Waals surface area contributed by atoms with Gasteiger partial charge >= 0.3 is 23.9 Å². The van der Waals surface area contributed by atoms with Gasteiger partial charge in [-0.2, -0.15) is 47.0 Å². The molecule has 8 nitrogen and oxygen atoms in total. The van der Waals surface area contributed by atoms with Crippen LogP contribution in [0.3, 0.4) is 0 Å². The lowest BCUT2D eigenvalue weighted by atomic mass is 9.92. The molecule has 0 amide bonds. The van der Waals surface area contributed by atoms with E-state index in [0.29, 0.717) is 25.7 Å². The predicted octanol–water partition coefficient (Wildman–Crippen LogP) is 17.2. The first-order valence-corrected chi connectivity index (χ1v) is 33.4. The highest BCUT2D eigenvalue weighted by molar-refractivity contribution is 7.99. The molecule has 0 fully saturated rings. The Morgan fingerprint density at radius 1 is 0.261 bits per heavy atom. The summed E-state index contributed by atoms with van der Waals surface area (Å²) in [5.41, 5.74) is -1.22. The van der Waals surface area contributed by atoms with E-state index >= 15 is 0 Å². The molecule has 0 atom stereocenters. The molecule has 0 saturated heterocycles. The van der Waals surface area contributed by atoms with Crippen LogP contribution < -0.4 is 0 Å². The number of hydrogen-bond donors (Lipinski definition) is 0. The van der Waals surface area contributed by atoms with Crippen LogP contribution in [0.5, 0.6) is 0 Å². The Bertz CT molecular complexity index is 971. The van der Waals surface area contributed by atoms with E-state index in [2.05, 4.69) is 27.7 Å². The quantitative estimate of drug-likeness (QED) is 0.0329. The summed E-state index contributed by atoms with van der Waals surface area (Å²) < 4.78 is 23.5. The predicted molar refractivity (Wildman–Crippen MR) is 304 cm³/mol. The fraction of sp³-hybridized carbons (Fsp3) is 0.930. The van der Waals surface area contributed by atoms with E-state index in [9.17, 15) is 19.2 Å². The van der Waals surface area contributed by atoms with E-state index in [-0.39, 0.29) is 76.0 Å².